The Morgan fingerprint density at radius 3 is 2.24 bits per heavy atom. The molecule has 0 aromatic heterocycles. The Morgan fingerprint density at radius 1 is 1.00 bits per heavy atom. The summed E-state index contributed by atoms with van der Waals surface area (Å²) in [6.45, 7) is 3.93. The van der Waals surface area contributed by atoms with E-state index in [2.05, 4.69) is 55.5 Å². The summed E-state index contributed by atoms with van der Waals surface area (Å²) in [5, 5.41) is 12.9. The maximum Gasteiger partial charge on any atom is 0.115 e. The van der Waals surface area contributed by atoms with E-state index in [1.54, 1.807) is 12.1 Å². The molecule has 2 N–H and O–H groups in total. The lowest BCUT2D eigenvalue weighted by Crippen LogP contribution is -2.20. The zero-order valence-corrected chi connectivity index (χ0v) is 13.0. The molecule has 1 unspecified atom stereocenters. The van der Waals surface area contributed by atoms with E-state index in [9.17, 15) is 5.11 Å². The average Bonchev–Trinajstić information content (AvgIpc) is 2.46. The predicted molar refractivity (Wildman–Crippen MR) is 87.2 cm³/mol. The number of nitrogens with zero attached hydrogens (tertiary/aromatic N) is 1. The van der Waals surface area contributed by atoms with Gasteiger partial charge in [0.05, 0.1) is 0 Å². The molecule has 0 bridgehead atoms. The third kappa shape index (κ3) is 4.59. The van der Waals surface area contributed by atoms with Crippen molar-refractivity contribution in [1.82, 2.24) is 10.2 Å². The largest absolute Gasteiger partial charge is 0.508 e. The van der Waals surface area contributed by atoms with Crippen LogP contribution in [0.1, 0.15) is 29.7 Å². The normalized spacial score (nSPS) is 12.6. The Bertz CT molecular complexity index is 564. The lowest BCUT2D eigenvalue weighted by molar-refractivity contribution is 0.400. The second kappa shape index (κ2) is 7.25. The Balaban J connectivity index is 2.01. The third-order valence-electron chi connectivity index (χ3n) is 3.60. The number of hydrogen-bond donors (Lipinski definition) is 2. The van der Waals surface area contributed by atoms with Gasteiger partial charge in [0, 0.05) is 19.1 Å². The van der Waals surface area contributed by atoms with Gasteiger partial charge in [0.1, 0.15) is 5.75 Å². The van der Waals surface area contributed by atoms with Gasteiger partial charge in [0.15, 0.2) is 0 Å². The van der Waals surface area contributed by atoms with Crippen LogP contribution in [0.4, 0.5) is 0 Å². The first-order valence-electron chi connectivity index (χ1n) is 7.30. The molecule has 0 spiro atoms. The summed E-state index contributed by atoms with van der Waals surface area (Å²) in [5.74, 6) is 0.308. The van der Waals surface area contributed by atoms with E-state index in [0.29, 0.717) is 5.75 Å². The van der Waals surface area contributed by atoms with Gasteiger partial charge < -0.3 is 15.3 Å². The molecule has 0 saturated carbocycles. The van der Waals surface area contributed by atoms with Gasteiger partial charge in [0.25, 0.3) is 0 Å². The lowest BCUT2D eigenvalue weighted by atomic mass is 10.1. The first kappa shape index (κ1) is 15.5. The Hall–Kier alpha value is -1.84. The summed E-state index contributed by atoms with van der Waals surface area (Å²) in [4.78, 5) is 2.18. The molecule has 0 amide bonds. The highest BCUT2D eigenvalue weighted by atomic mass is 16.3. The summed E-state index contributed by atoms with van der Waals surface area (Å²) in [5.41, 5.74) is 3.86. The highest BCUT2D eigenvalue weighted by molar-refractivity contribution is 5.29. The van der Waals surface area contributed by atoms with Crippen molar-refractivity contribution in [2.45, 2.75) is 26.1 Å². The molecule has 0 aliphatic carbocycles. The molecule has 3 heteroatoms. The van der Waals surface area contributed by atoms with E-state index < -0.39 is 0 Å². The standard InChI is InChI=1S/C18H24N2O/c1-14(15-8-10-18(21)11-9-15)19-12-16-6-4-5-7-17(16)13-20(2)3/h4-11,14,19,21H,12-13H2,1-3H3. The second-order valence-electron chi connectivity index (χ2n) is 5.70. The van der Waals surface area contributed by atoms with Crippen molar-refractivity contribution in [3.63, 3.8) is 0 Å². The summed E-state index contributed by atoms with van der Waals surface area (Å²) in [7, 11) is 4.17. The Kier molecular flexibility index (Phi) is 5.37. The quantitative estimate of drug-likeness (QED) is 0.854. The lowest BCUT2D eigenvalue weighted by Gasteiger charge is -2.18. The molecule has 2 rings (SSSR count). The van der Waals surface area contributed by atoms with Crippen molar-refractivity contribution < 1.29 is 5.11 Å². The van der Waals surface area contributed by atoms with Crippen LogP contribution < -0.4 is 5.32 Å². The zero-order chi connectivity index (χ0) is 15.2. The molecule has 0 fully saturated rings. The minimum Gasteiger partial charge on any atom is -0.508 e. The maximum atomic E-state index is 9.34. The van der Waals surface area contributed by atoms with E-state index in [4.69, 9.17) is 0 Å². The fraction of sp³-hybridized carbons (Fsp3) is 0.333. The highest BCUT2D eigenvalue weighted by Gasteiger charge is 2.07. The summed E-state index contributed by atoms with van der Waals surface area (Å²) >= 11 is 0. The predicted octanol–water partition coefficient (Wildman–Crippen LogP) is 3.30. The number of phenols is 1. The van der Waals surface area contributed by atoms with Gasteiger partial charge in [-0.05, 0) is 49.8 Å². The van der Waals surface area contributed by atoms with Crippen LogP contribution >= 0.6 is 0 Å². The van der Waals surface area contributed by atoms with Gasteiger partial charge in [-0.3, -0.25) is 0 Å². The third-order valence-corrected chi connectivity index (χ3v) is 3.60. The van der Waals surface area contributed by atoms with E-state index in [0.717, 1.165) is 13.1 Å². The van der Waals surface area contributed by atoms with Crippen molar-refractivity contribution >= 4 is 0 Å². The van der Waals surface area contributed by atoms with Gasteiger partial charge in [-0.25, -0.2) is 0 Å². The van der Waals surface area contributed by atoms with Gasteiger partial charge in [-0.15, -0.1) is 0 Å². The number of phenolic OH excluding ortho intramolecular Hbond substituents is 1. The molecule has 2 aromatic carbocycles. The van der Waals surface area contributed by atoms with Crippen LogP contribution in [0.3, 0.4) is 0 Å². The molecule has 0 saturated heterocycles. The molecule has 3 nitrogen and oxygen atoms in total. The van der Waals surface area contributed by atoms with Gasteiger partial charge in [-0.1, -0.05) is 36.4 Å². The minimum absolute atomic E-state index is 0.248. The number of nitrogens with one attached hydrogen (secondary N) is 1. The van der Waals surface area contributed by atoms with Crippen molar-refractivity contribution in [2.75, 3.05) is 14.1 Å². The average molecular weight is 284 g/mol. The number of benzene rings is 2. The van der Waals surface area contributed by atoms with Crippen LogP contribution in [-0.2, 0) is 13.1 Å². The molecular weight excluding hydrogens is 260 g/mol. The van der Waals surface area contributed by atoms with Crippen molar-refractivity contribution in [3.8, 4) is 5.75 Å². The van der Waals surface area contributed by atoms with E-state index >= 15 is 0 Å². The van der Waals surface area contributed by atoms with Crippen LogP contribution in [0.5, 0.6) is 5.75 Å². The van der Waals surface area contributed by atoms with Gasteiger partial charge in [-0.2, -0.15) is 0 Å². The maximum absolute atomic E-state index is 9.34. The smallest absolute Gasteiger partial charge is 0.115 e. The molecule has 0 aliphatic rings. The van der Waals surface area contributed by atoms with E-state index in [1.165, 1.54) is 16.7 Å². The number of aromatic hydroxyl groups is 1. The summed E-state index contributed by atoms with van der Waals surface area (Å²) in [6, 6.07) is 16.2. The SMILES string of the molecule is CC(NCc1ccccc1CN(C)C)c1ccc(O)cc1. The molecule has 0 radical (unpaired) electrons. The highest BCUT2D eigenvalue weighted by Crippen LogP contribution is 2.18. The molecule has 0 heterocycles. The van der Waals surface area contributed by atoms with Crippen LogP contribution in [-0.4, -0.2) is 24.1 Å². The fourth-order valence-electron chi connectivity index (χ4n) is 2.37. The number of rotatable bonds is 6. The monoisotopic (exact) mass is 284 g/mol. The molecule has 0 aliphatic heterocycles. The fourth-order valence-corrected chi connectivity index (χ4v) is 2.37. The molecule has 2 aromatic rings. The molecule has 1 atom stereocenters. The van der Waals surface area contributed by atoms with Crippen molar-refractivity contribution in [1.29, 1.82) is 0 Å². The summed E-state index contributed by atoms with van der Waals surface area (Å²) < 4.78 is 0. The van der Waals surface area contributed by atoms with E-state index in [-0.39, 0.29) is 6.04 Å². The topological polar surface area (TPSA) is 35.5 Å². The molecule has 21 heavy (non-hydrogen) atoms. The van der Waals surface area contributed by atoms with Crippen molar-refractivity contribution in [2.24, 2.45) is 0 Å². The van der Waals surface area contributed by atoms with Gasteiger partial charge >= 0.3 is 0 Å². The first-order valence-corrected chi connectivity index (χ1v) is 7.30. The molecule has 112 valence electrons. The summed E-state index contributed by atoms with van der Waals surface area (Å²) in [6.07, 6.45) is 0. The van der Waals surface area contributed by atoms with Crippen LogP contribution in [0.15, 0.2) is 48.5 Å². The van der Waals surface area contributed by atoms with E-state index in [1.807, 2.05) is 12.1 Å². The minimum atomic E-state index is 0.248. The van der Waals surface area contributed by atoms with Crippen molar-refractivity contribution in [3.05, 3.63) is 65.2 Å². The van der Waals surface area contributed by atoms with Gasteiger partial charge in [0.2, 0.25) is 0 Å². The van der Waals surface area contributed by atoms with Crippen LogP contribution in [0, 0.1) is 0 Å². The zero-order valence-electron chi connectivity index (χ0n) is 13.0. The van der Waals surface area contributed by atoms with Crippen LogP contribution in [0.25, 0.3) is 0 Å². The first-order chi connectivity index (χ1) is 10.1. The Labute approximate surface area is 127 Å². The second-order valence-corrected chi connectivity index (χ2v) is 5.70. The van der Waals surface area contributed by atoms with Crippen LogP contribution in [0.2, 0.25) is 0 Å². The number of hydrogen-bond acceptors (Lipinski definition) is 3. The molecular formula is C18H24N2O. The Morgan fingerprint density at radius 2 is 1.62 bits per heavy atom.